The Labute approximate surface area is 166 Å². The quantitative estimate of drug-likeness (QED) is 0.523. The predicted molar refractivity (Wildman–Crippen MR) is 104 cm³/mol. The third kappa shape index (κ3) is 4.40. The van der Waals surface area contributed by atoms with Crippen molar-refractivity contribution in [2.45, 2.75) is 19.4 Å². The van der Waals surface area contributed by atoms with Crippen LogP contribution in [0.5, 0.6) is 0 Å². The van der Waals surface area contributed by atoms with Crippen LogP contribution in [-0.2, 0) is 6.42 Å². The van der Waals surface area contributed by atoms with E-state index in [0.717, 1.165) is 5.76 Å². The van der Waals surface area contributed by atoms with Crippen LogP contribution >= 0.6 is 0 Å². The number of carbonyl (C=O) groups is 1. The zero-order valence-corrected chi connectivity index (χ0v) is 15.6. The molecule has 0 saturated heterocycles. The van der Waals surface area contributed by atoms with Crippen LogP contribution in [0.4, 0.5) is 4.39 Å². The Kier molecular flexibility index (Phi) is 5.20. The number of hydrogen-bond acceptors (Lipinski definition) is 5. The number of hydrogen-bond donors (Lipinski definition) is 1. The molecule has 2 heterocycles. The van der Waals surface area contributed by atoms with Gasteiger partial charge in [0.05, 0.1) is 6.26 Å². The SMILES string of the molecule is C[C@H](Cc1ccco1)NC(=O)c1cccc(-c2nc(-c3cccc(F)c3)no2)c1. The average molecular weight is 391 g/mol. The molecule has 2 aromatic heterocycles. The molecule has 4 rings (SSSR count). The molecule has 7 heteroatoms. The molecule has 0 aliphatic rings. The third-order valence-corrected chi connectivity index (χ3v) is 4.35. The van der Waals surface area contributed by atoms with Crippen LogP contribution in [0.1, 0.15) is 23.0 Å². The standard InChI is InChI=1S/C22H18FN3O3/c1-14(11-19-9-4-10-28-19)24-21(27)16-6-2-7-17(12-16)22-25-20(26-29-22)15-5-3-8-18(23)13-15/h2-10,12-14H,11H2,1H3,(H,24,27)/t14-/m1/s1. The maximum atomic E-state index is 13.4. The number of furan rings is 1. The highest BCUT2D eigenvalue weighted by atomic mass is 19.1. The highest BCUT2D eigenvalue weighted by Gasteiger charge is 2.15. The first kappa shape index (κ1) is 18.6. The molecular formula is C22H18FN3O3. The van der Waals surface area contributed by atoms with Gasteiger partial charge < -0.3 is 14.3 Å². The second-order valence-corrected chi connectivity index (χ2v) is 6.67. The van der Waals surface area contributed by atoms with Crippen molar-refractivity contribution in [2.24, 2.45) is 0 Å². The van der Waals surface area contributed by atoms with Gasteiger partial charge in [0, 0.05) is 29.2 Å². The summed E-state index contributed by atoms with van der Waals surface area (Å²) in [7, 11) is 0. The summed E-state index contributed by atoms with van der Waals surface area (Å²) in [5, 5.41) is 6.85. The maximum absolute atomic E-state index is 13.4. The van der Waals surface area contributed by atoms with Crippen LogP contribution in [0, 0.1) is 5.82 Å². The Morgan fingerprint density at radius 2 is 1.93 bits per heavy atom. The number of benzene rings is 2. The van der Waals surface area contributed by atoms with E-state index < -0.39 is 0 Å². The van der Waals surface area contributed by atoms with Crippen molar-refractivity contribution in [3.63, 3.8) is 0 Å². The molecule has 0 spiro atoms. The summed E-state index contributed by atoms with van der Waals surface area (Å²) < 4.78 is 24.0. The normalized spacial score (nSPS) is 11.9. The highest BCUT2D eigenvalue weighted by molar-refractivity contribution is 5.95. The molecule has 0 saturated carbocycles. The zero-order chi connectivity index (χ0) is 20.2. The number of aromatic nitrogens is 2. The van der Waals surface area contributed by atoms with Crippen LogP contribution < -0.4 is 5.32 Å². The summed E-state index contributed by atoms with van der Waals surface area (Å²) in [6.07, 6.45) is 2.20. The number of rotatable bonds is 6. The molecule has 0 unspecified atom stereocenters. The van der Waals surface area contributed by atoms with E-state index in [0.29, 0.717) is 23.1 Å². The molecule has 1 atom stereocenters. The molecule has 146 valence electrons. The van der Waals surface area contributed by atoms with Gasteiger partial charge >= 0.3 is 0 Å². The minimum Gasteiger partial charge on any atom is -0.469 e. The van der Waals surface area contributed by atoms with Crippen molar-refractivity contribution in [2.75, 3.05) is 0 Å². The van der Waals surface area contributed by atoms with E-state index in [1.807, 2.05) is 19.1 Å². The van der Waals surface area contributed by atoms with E-state index in [4.69, 9.17) is 8.94 Å². The minimum absolute atomic E-state index is 0.0970. The summed E-state index contributed by atoms with van der Waals surface area (Å²) in [5.41, 5.74) is 1.59. The zero-order valence-electron chi connectivity index (χ0n) is 15.6. The van der Waals surface area contributed by atoms with Gasteiger partial charge in [-0.15, -0.1) is 0 Å². The van der Waals surface area contributed by atoms with Gasteiger partial charge in [-0.05, 0) is 49.4 Å². The van der Waals surface area contributed by atoms with Crippen LogP contribution in [0.25, 0.3) is 22.8 Å². The van der Waals surface area contributed by atoms with Crippen molar-refractivity contribution in [1.82, 2.24) is 15.5 Å². The summed E-state index contributed by atoms with van der Waals surface area (Å²) in [6, 6.07) is 16.4. The first-order chi connectivity index (χ1) is 14.1. The molecule has 6 nitrogen and oxygen atoms in total. The van der Waals surface area contributed by atoms with Crippen LogP contribution in [0.15, 0.2) is 75.9 Å². The van der Waals surface area contributed by atoms with Gasteiger partial charge in [-0.3, -0.25) is 4.79 Å². The van der Waals surface area contributed by atoms with Crippen molar-refractivity contribution >= 4 is 5.91 Å². The van der Waals surface area contributed by atoms with Crippen molar-refractivity contribution < 1.29 is 18.1 Å². The molecule has 0 bridgehead atoms. The van der Waals surface area contributed by atoms with Crippen molar-refractivity contribution in [3.05, 3.63) is 84.1 Å². The van der Waals surface area contributed by atoms with Gasteiger partial charge in [-0.2, -0.15) is 4.98 Å². The lowest BCUT2D eigenvalue weighted by Crippen LogP contribution is -2.33. The lowest BCUT2D eigenvalue weighted by atomic mass is 10.1. The number of nitrogens with zero attached hydrogens (tertiary/aromatic N) is 2. The van der Waals surface area contributed by atoms with Gasteiger partial charge in [0.25, 0.3) is 11.8 Å². The van der Waals surface area contributed by atoms with E-state index >= 15 is 0 Å². The van der Waals surface area contributed by atoms with E-state index in [-0.39, 0.29) is 29.5 Å². The van der Waals surface area contributed by atoms with E-state index in [1.165, 1.54) is 12.1 Å². The second-order valence-electron chi connectivity index (χ2n) is 6.67. The first-order valence-corrected chi connectivity index (χ1v) is 9.12. The largest absolute Gasteiger partial charge is 0.469 e. The Morgan fingerprint density at radius 1 is 1.10 bits per heavy atom. The van der Waals surface area contributed by atoms with Gasteiger partial charge in [0.1, 0.15) is 11.6 Å². The lowest BCUT2D eigenvalue weighted by Gasteiger charge is -2.12. The van der Waals surface area contributed by atoms with Gasteiger partial charge in [-0.25, -0.2) is 4.39 Å². The summed E-state index contributed by atoms with van der Waals surface area (Å²) in [5.74, 6) is 0.748. The average Bonchev–Trinajstić information content (AvgIpc) is 3.40. The van der Waals surface area contributed by atoms with Crippen LogP contribution in [-0.4, -0.2) is 22.1 Å². The Bertz CT molecular complexity index is 1120. The predicted octanol–water partition coefficient (Wildman–Crippen LogP) is 4.50. The number of amides is 1. The molecule has 29 heavy (non-hydrogen) atoms. The molecule has 0 fully saturated rings. The number of nitrogens with one attached hydrogen (secondary N) is 1. The van der Waals surface area contributed by atoms with Gasteiger partial charge in [0.15, 0.2) is 0 Å². The fraction of sp³-hybridized carbons (Fsp3) is 0.136. The van der Waals surface area contributed by atoms with Gasteiger partial charge in [-0.1, -0.05) is 23.4 Å². The van der Waals surface area contributed by atoms with Crippen molar-refractivity contribution in [3.8, 4) is 22.8 Å². The van der Waals surface area contributed by atoms with E-state index in [2.05, 4.69) is 15.5 Å². The Morgan fingerprint density at radius 3 is 2.72 bits per heavy atom. The second kappa shape index (κ2) is 8.10. The monoisotopic (exact) mass is 391 g/mol. The highest BCUT2D eigenvalue weighted by Crippen LogP contribution is 2.23. The summed E-state index contributed by atoms with van der Waals surface area (Å²) >= 11 is 0. The molecule has 0 aliphatic carbocycles. The summed E-state index contributed by atoms with van der Waals surface area (Å²) in [6.45, 7) is 1.91. The number of halogens is 1. The molecular weight excluding hydrogens is 373 g/mol. The summed E-state index contributed by atoms with van der Waals surface area (Å²) in [4.78, 5) is 16.9. The lowest BCUT2D eigenvalue weighted by molar-refractivity contribution is 0.0939. The van der Waals surface area contributed by atoms with Gasteiger partial charge in [0.2, 0.25) is 5.82 Å². The Hall–Kier alpha value is -3.74. The fourth-order valence-corrected chi connectivity index (χ4v) is 2.97. The molecule has 0 radical (unpaired) electrons. The molecule has 0 aliphatic heterocycles. The first-order valence-electron chi connectivity index (χ1n) is 9.12. The smallest absolute Gasteiger partial charge is 0.258 e. The molecule has 4 aromatic rings. The Balaban J connectivity index is 1.49. The molecule has 1 N–H and O–H groups in total. The van der Waals surface area contributed by atoms with E-state index in [1.54, 1.807) is 42.7 Å². The van der Waals surface area contributed by atoms with E-state index in [9.17, 15) is 9.18 Å². The fourth-order valence-electron chi connectivity index (χ4n) is 2.97. The number of carbonyl (C=O) groups excluding carboxylic acids is 1. The maximum Gasteiger partial charge on any atom is 0.258 e. The molecule has 1 amide bonds. The van der Waals surface area contributed by atoms with Crippen LogP contribution in [0.3, 0.4) is 0 Å². The van der Waals surface area contributed by atoms with Crippen LogP contribution in [0.2, 0.25) is 0 Å². The molecule has 2 aromatic carbocycles. The third-order valence-electron chi connectivity index (χ3n) is 4.35. The topological polar surface area (TPSA) is 81.2 Å². The van der Waals surface area contributed by atoms with Crippen molar-refractivity contribution in [1.29, 1.82) is 0 Å². The minimum atomic E-state index is -0.379.